The van der Waals surface area contributed by atoms with Gasteiger partial charge < -0.3 is 15.0 Å². The van der Waals surface area contributed by atoms with Crippen LogP contribution in [0.3, 0.4) is 0 Å². The van der Waals surface area contributed by atoms with Gasteiger partial charge in [-0.1, -0.05) is 46.7 Å². The largest absolute Gasteiger partial charge is 0.463 e. The lowest BCUT2D eigenvalue weighted by Crippen LogP contribution is -2.31. The molecule has 0 radical (unpaired) electrons. The van der Waals surface area contributed by atoms with Gasteiger partial charge in [-0.15, -0.1) is 0 Å². The van der Waals surface area contributed by atoms with Gasteiger partial charge in [0.05, 0.1) is 23.7 Å². The van der Waals surface area contributed by atoms with Crippen molar-refractivity contribution in [3.8, 4) is 0 Å². The number of halogens is 1. The first-order chi connectivity index (χ1) is 13.0. The van der Waals surface area contributed by atoms with E-state index in [2.05, 4.69) is 31.2 Å². The Bertz CT molecular complexity index is 971. The maximum atomic E-state index is 12.9. The van der Waals surface area contributed by atoms with E-state index >= 15 is 0 Å². The first-order valence-electron chi connectivity index (χ1n) is 8.63. The maximum absolute atomic E-state index is 12.9. The first-order valence-corrected chi connectivity index (χ1v) is 10.4. The van der Waals surface area contributed by atoms with E-state index in [4.69, 9.17) is 4.74 Å². The molecular weight excluding hydrogens is 430 g/mol. The van der Waals surface area contributed by atoms with Crippen LogP contribution in [0.5, 0.6) is 0 Å². The van der Waals surface area contributed by atoms with Gasteiger partial charge in [-0.3, -0.25) is 4.79 Å². The van der Waals surface area contributed by atoms with E-state index in [0.717, 1.165) is 15.8 Å². The molecule has 1 aromatic heterocycles. The fourth-order valence-corrected chi connectivity index (χ4v) is 4.15. The Morgan fingerprint density at radius 1 is 1.37 bits per heavy atom. The summed E-state index contributed by atoms with van der Waals surface area (Å²) in [7, 11) is 0. The summed E-state index contributed by atoms with van der Waals surface area (Å²) in [5, 5.41) is 3.68. The lowest BCUT2D eigenvalue weighted by molar-refractivity contribution is -0.138. The number of nitrogens with zero attached hydrogens (tertiary/aromatic N) is 1. The summed E-state index contributed by atoms with van der Waals surface area (Å²) < 4.78 is 6.13. The smallest absolute Gasteiger partial charge is 0.336 e. The van der Waals surface area contributed by atoms with E-state index in [1.807, 2.05) is 31.2 Å². The first kappa shape index (κ1) is 19.7. The number of ether oxygens (including phenoxy) is 1. The molecule has 27 heavy (non-hydrogen) atoms. The van der Waals surface area contributed by atoms with Crippen LogP contribution in [0.15, 0.2) is 50.0 Å². The molecule has 0 aliphatic carbocycles. The molecule has 1 aromatic carbocycles. The molecule has 2 N–H and O–H groups in total. The SMILES string of the molecule is CCOC(=O)C1=C(C)Nc2nc(SCC)[nH]c(=O)c2C1c1cccc(Br)c1. The van der Waals surface area contributed by atoms with E-state index in [0.29, 0.717) is 27.8 Å². The summed E-state index contributed by atoms with van der Waals surface area (Å²) in [5.74, 6) is 0.268. The molecule has 6 nitrogen and oxygen atoms in total. The predicted molar refractivity (Wildman–Crippen MR) is 110 cm³/mol. The van der Waals surface area contributed by atoms with Crippen molar-refractivity contribution in [2.24, 2.45) is 0 Å². The standard InChI is InChI=1S/C19H20BrN3O3S/c1-4-26-18(25)13-10(3)21-16-15(17(24)23-19(22-16)27-5-2)14(13)11-7-6-8-12(20)9-11/h6-9,14H,4-5H2,1-3H3,(H2,21,22,23,24). The van der Waals surface area contributed by atoms with Crippen molar-refractivity contribution in [1.29, 1.82) is 0 Å². The van der Waals surface area contributed by atoms with Crippen molar-refractivity contribution in [3.05, 3.63) is 61.5 Å². The van der Waals surface area contributed by atoms with Crippen molar-refractivity contribution < 1.29 is 9.53 Å². The number of aromatic nitrogens is 2. The lowest BCUT2D eigenvalue weighted by atomic mass is 9.82. The van der Waals surface area contributed by atoms with Gasteiger partial charge in [-0.2, -0.15) is 0 Å². The van der Waals surface area contributed by atoms with Crippen LogP contribution in [0.4, 0.5) is 5.82 Å². The van der Waals surface area contributed by atoms with Crippen molar-refractivity contribution in [2.45, 2.75) is 31.8 Å². The Hall–Kier alpha value is -2.06. The molecule has 0 bridgehead atoms. The molecule has 1 atom stereocenters. The molecule has 0 amide bonds. The Labute approximate surface area is 169 Å². The fourth-order valence-electron chi connectivity index (χ4n) is 3.13. The molecule has 0 spiro atoms. The third-order valence-corrected chi connectivity index (χ3v) is 5.43. The van der Waals surface area contributed by atoms with E-state index < -0.39 is 11.9 Å². The average Bonchev–Trinajstić information content (AvgIpc) is 2.60. The second-order valence-electron chi connectivity index (χ2n) is 5.94. The summed E-state index contributed by atoms with van der Waals surface area (Å²) in [4.78, 5) is 33.0. The number of hydrogen-bond acceptors (Lipinski definition) is 6. The van der Waals surface area contributed by atoms with Gasteiger partial charge >= 0.3 is 5.97 Å². The summed E-state index contributed by atoms with van der Waals surface area (Å²) in [6.45, 7) is 5.81. The highest BCUT2D eigenvalue weighted by atomic mass is 79.9. The Morgan fingerprint density at radius 3 is 2.81 bits per heavy atom. The Morgan fingerprint density at radius 2 is 2.15 bits per heavy atom. The molecule has 142 valence electrons. The number of carbonyl (C=O) groups is 1. The average molecular weight is 450 g/mol. The van der Waals surface area contributed by atoms with E-state index in [1.165, 1.54) is 11.8 Å². The minimum Gasteiger partial charge on any atom is -0.463 e. The molecule has 2 heterocycles. The van der Waals surface area contributed by atoms with Gasteiger partial charge in [0.15, 0.2) is 5.16 Å². The van der Waals surface area contributed by atoms with E-state index in [-0.39, 0.29) is 12.2 Å². The number of nitrogens with one attached hydrogen (secondary N) is 2. The number of H-pyrrole nitrogens is 1. The normalized spacial score (nSPS) is 15.9. The Balaban J connectivity index is 2.24. The summed E-state index contributed by atoms with van der Waals surface area (Å²) in [6, 6.07) is 7.57. The van der Waals surface area contributed by atoms with Crippen LogP contribution < -0.4 is 10.9 Å². The lowest BCUT2D eigenvalue weighted by Gasteiger charge is -2.28. The topological polar surface area (TPSA) is 84.1 Å². The highest BCUT2D eigenvalue weighted by molar-refractivity contribution is 9.10. The fraction of sp³-hybridized carbons (Fsp3) is 0.316. The molecule has 0 fully saturated rings. The van der Waals surface area contributed by atoms with Crippen molar-refractivity contribution >= 4 is 39.5 Å². The van der Waals surface area contributed by atoms with Crippen LogP contribution in [0.1, 0.15) is 37.8 Å². The molecule has 1 aliphatic heterocycles. The number of thioether (sulfide) groups is 1. The van der Waals surface area contributed by atoms with Crippen LogP contribution in [0.2, 0.25) is 0 Å². The third-order valence-electron chi connectivity index (χ3n) is 4.18. The summed E-state index contributed by atoms with van der Waals surface area (Å²) in [5.41, 5.74) is 2.03. The number of carbonyl (C=O) groups excluding carboxylic acids is 1. The maximum Gasteiger partial charge on any atom is 0.336 e. The van der Waals surface area contributed by atoms with E-state index in [1.54, 1.807) is 13.8 Å². The number of hydrogen-bond donors (Lipinski definition) is 2. The summed E-state index contributed by atoms with van der Waals surface area (Å²) in [6.07, 6.45) is 0. The van der Waals surface area contributed by atoms with Gasteiger partial charge in [0.1, 0.15) is 5.82 Å². The molecule has 1 aliphatic rings. The molecule has 1 unspecified atom stereocenters. The molecule has 0 saturated heterocycles. The second-order valence-corrected chi connectivity index (χ2v) is 8.11. The number of anilines is 1. The van der Waals surface area contributed by atoms with Crippen LogP contribution in [-0.2, 0) is 9.53 Å². The minimum atomic E-state index is -0.560. The third kappa shape index (κ3) is 3.96. The highest BCUT2D eigenvalue weighted by Crippen LogP contribution is 2.40. The van der Waals surface area contributed by atoms with Crippen LogP contribution in [0, 0.1) is 0 Å². The van der Waals surface area contributed by atoms with Crippen LogP contribution in [0.25, 0.3) is 0 Å². The van der Waals surface area contributed by atoms with Crippen molar-refractivity contribution in [2.75, 3.05) is 17.7 Å². The van der Waals surface area contributed by atoms with Gasteiger partial charge in [-0.05, 0) is 37.3 Å². The zero-order valence-corrected chi connectivity index (χ0v) is 17.7. The molecule has 3 rings (SSSR count). The Kier molecular flexibility index (Phi) is 6.06. The number of allylic oxidation sites excluding steroid dienone is 1. The zero-order chi connectivity index (χ0) is 19.6. The van der Waals surface area contributed by atoms with Crippen LogP contribution >= 0.6 is 27.7 Å². The highest BCUT2D eigenvalue weighted by Gasteiger charge is 2.36. The number of esters is 1. The number of aromatic amines is 1. The van der Waals surface area contributed by atoms with Crippen LogP contribution in [-0.4, -0.2) is 28.3 Å². The molecule has 0 saturated carbocycles. The minimum absolute atomic E-state index is 0.258. The molecule has 2 aromatic rings. The van der Waals surface area contributed by atoms with Gasteiger partial charge in [0, 0.05) is 10.2 Å². The van der Waals surface area contributed by atoms with Gasteiger partial charge in [0.25, 0.3) is 5.56 Å². The number of benzene rings is 1. The van der Waals surface area contributed by atoms with Crippen molar-refractivity contribution in [3.63, 3.8) is 0 Å². The predicted octanol–water partition coefficient (Wildman–Crippen LogP) is 4.04. The molecule has 8 heteroatoms. The van der Waals surface area contributed by atoms with E-state index in [9.17, 15) is 9.59 Å². The quantitative estimate of drug-likeness (QED) is 0.407. The molecular formula is C19H20BrN3O3S. The zero-order valence-electron chi connectivity index (χ0n) is 15.3. The van der Waals surface area contributed by atoms with Gasteiger partial charge in [-0.25, -0.2) is 9.78 Å². The van der Waals surface area contributed by atoms with Crippen molar-refractivity contribution in [1.82, 2.24) is 9.97 Å². The summed E-state index contributed by atoms with van der Waals surface area (Å²) >= 11 is 4.93. The second kappa shape index (κ2) is 8.31. The number of fused-ring (bicyclic) bond motifs is 1. The number of rotatable bonds is 5. The monoisotopic (exact) mass is 449 g/mol. The van der Waals surface area contributed by atoms with Gasteiger partial charge in [0.2, 0.25) is 0 Å².